The molecule has 6 nitrogen and oxygen atoms in total. The number of aryl methyl sites for hydroxylation is 1. The number of fused-ring (bicyclic) bond motifs is 1. The van der Waals surface area contributed by atoms with E-state index in [2.05, 4.69) is 0 Å². The molecule has 1 amide bonds. The molecule has 0 aromatic heterocycles. The number of hydrogen-bond donors (Lipinski definition) is 2. The van der Waals surface area contributed by atoms with Gasteiger partial charge in [0.25, 0.3) is 5.91 Å². The standard InChI is InChI=1S/C16H20N2O4S/c19-14-8-11-3-6-16(4-1-2-5-16)9-12(11)7-13(14)18-10-15(20)17-23(18,21)22/h7-8,19H,1-6,9-10H2,(H,17,20). The first-order chi connectivity index (χ1) is 10.9. The largest absolute Gasteiger partial charge is 0.506 e. The fourth-order valence-electron chi connectivity index (χ4n) is 4.37. The van der Waals surface area contributed by atoms with Crippen LogP contribution in [0.3, 0.4) is 0 Å². The Morgan fingerprint density at radius 1 is 1.13 bits per heavy atom. The van der Waals surface area contributed by atoms with E-state index in [-0.39, 0.29) is 18.0 Å². The van der Waals surface area contributed by atoms with E-state index in [0.29, 0.717) is 5.41 Å². The Morgan fingerprint density at radius 3 is 2.52 bits per heavy atom. The molecule has 1 spiro atoms. The van der Waals surface area contributed by atoms with Crippen LogP contribution in [0, 0.1) is 5.41 Å². The van der Waals surface area contributed by atoms with Gasteiger partial charge in [-0.15, -0.1) is 0 Å². The van der Waals surface area contributed by atoms with Gasteiger partial charge in [-0.3, -0.25) is 4.79 Å². The first kappa shape index (κ1) is 14.8. The van der Waals surface area contributed by atoms with Gasteiger partial charge in [-0.05, 0) is 60.8 Å². The molecule has 124 valence electrons. The molecule has 2 N–H and O–H groups in total. The van der Waals surface area contributed by atoms with Crippen LogP contribution in [0.1, 0.15) is 43.2 Å². The highest BCUT2D eigenvalue weighted by atomic mass is 32.2. The molecule has 1 aliphatic heterocycles. The molecule has 0 unspecified atom stereocenters. The lowest BCUT2D eigenvalue weighted by molar-refractivity contribution is -0.117. The molecule has 1 aromatic carbocycles. The molecule has 1 heterocycles. The monoisotopic (exact) mass is 336 g/mol. The van der Waals surface area contributed by atoms with E-state index in [1.54, 1.807) is 12.1 Å². The maximum absolute atomic E-state index is 12.0. The van der Waals surface area contributed by atoms with E-state index in [1.807, 2.05) is 4.72 Å². The van der Waals surface area contributed by atoms with Crippen molar-refractivity contribution in [2.24, 2.45) is 5.41 Å². The number of nitrogens with one attached hydrogen (secondary N) is 1. The number of carbonyl (C=O) groups is 1. The number of carbonyl (C=O) groups excluding carboxylic acids is 1. The number of rotatable bonds is 1. The molecule has 0 atom stereocenters. The molecule has 4 rings (SSSR count). The maximum Gasteiger partial charge on any atom is 0.326 e. The van der Waals surface area contributed by atoms with Crippen LogP contribution < -0.4 is 9.03 Å². The van der Waals surface area contributed by atoms with E-state index in [1.165, 1.54) is 25.7 Å². The highest BCUT2D eigenvalue weighted by molar-refractivity contribution is 7.92. The van der Waals surface area contributed by atoms with Crippen molar-refractivity contribution >= 4 is 21.8 Å². The van der Waals surface area contributed by atoms with E-state index in [9.17, 15) is 18.3 Å². The lowest BCUT2D eigenvalue weighted by atomic mass is 9.70. The molecule has 1 saturated heterocycles. The maximum atomic E-state index is 12.0. The van der Waals surface area contributed by atoms with Gasteiger partial charge in [0.15, 0.2) is 0 Å². The minimum atomic E-state index is -3.89. The smallest absolute Gasteiger partial charge is 0.326 e. The Balaban J connectivity index is 1.74. The van der Waals surface area contributed by atoms with Gasteiger partial charge < -0.3 is 5.11 Å². The summed E-state index contributed by atoms with van der Waals surface area (Å²) in [4.78, 5) is 11.4. The quantitative estimate of drug-likeness (QED) is 0.816. The summed E-state index contributed by atoms with van der Waals surface area (Å²) in [6.07, 6.45) is 7.98. The van der Waals surface area contributed by atoms with Gasteiger partial charge >= 0.3 is 10.2 Å². The predicted octanol–water partition coefficient (Wildman–Crippen LogP) is 1.62. The van der Waals surface area contributed by atoms with Gasteiger partial charge in [0.05, 0.1) is 5.69 Å². The average molecular weight is 336 g/mol. The number of aromatic hydroxyl groups is 1. The van der Waals surface area contributed by atoms with E-state index >= 15 is 0 Å². The molecular formula is C16H20N2O4S. The van der Waals surface area contributed by atoms with Gasteiger partial charge in [0, 0.05) is 0 Å². The molecule has 2 aliphatic carbocycles. The van der Waals surface area contributed by atoms with Crippen molar-refractivity contribution in [1.29, 1.82) is 0 Å². The van der Waals surface area contributed by atoms with Crippen molar-refractivity contribution in [3.63, 3.8) is 0 Å². The fourth-order valence-corrected chi connectivity index (χ4v) is 5.52. The fraction of sp³-hybridized carbons (Fsp3) is 0.562. The summed E-state index contributed by atoms with van der Waals surface area (Å²) in [6, 6.07) is 3.44. The number of amides is 1. The van der Waals surface area contributed by atoms with Crippen LogP contribution in [-0.2, 0) is 27.8 Å². The summed E-state index contributed by atoms with van der Waals surface area (Å²) >= 11 is 0. The van der Waals surface area contributed by atoms with Gasteiger partial charge in [-0.2, -0.15) is 8.42 Å². The SMILES string of the molecule is O=C1CN(c2cc3c(cc2O)CCC2(CCCC2)C3)S(=O)(=O)N1. The summed E-state index contributed by atoms with van der Waals surface area (Å²) in [5.41, 5.74) is 2.76. The normalized spacial score (nSPS) is 24.7. The Kier molecular flexibility index (Phi) is 3.13. The van der Waals surface area contributed by atoms with Crippen LogP contribution >= 0.6 is 0 Å². The number of nitrogens with zero attached hydrogens (tertiary/aromatic N) is 1. The molecular weight excluding hydrogens is 316 g/mol. The summed E-state index contributed by atoms with van der Waals surface area (Å²) in [7, 11) is -3.89. The van der Waals surface area contributed by atoms with Crippen LogP contribution in [0.15, 0.2) is 12.1 Å². The molecule has 2 fully saturated rings. The van der Waals surface area contributed by atoms with E-state index in [0.717, 1.165) is 34.7 Å². The summed E-state index contributed by atoms with van der Waals surface area (Å²) in [5.74, 6) is -0.652. The van der Waals surface area contributed by atoms with E-state index in [4.69, 9.17) is 0 Å². The van der Waals surface area contributed by atoms with Crippen molar-refractivity contribution in [3.8, 4) is 5.75 Å². The van der Waals surface area contributed by atoms with Crippen molar-refractivity contribution in [2.75, 3.05) is 10.8 Å². The molecule has 1 aromatic rings. The second-order valence-electron chi connectivity index (χ2n) is 7.03. The second kappa shape index (κ2) is 4.87. The summed E-state index contributed by atoms with van der Waals surface area (Å²) in [5, 5.41) is 10.3. The van der Waals surface area contributed by atoms with Crippen molar-refractivity contribution in [3.05, 3.63) is 23.3 Å². The third-order valence-corrected chi connectivity index (χ3v) is 6.93. The van der Waals surface area contributed by atoms with Crippen LogP contribution in [0.5, 0.6) is 5.75 Å². The molecule has 7 heteroatoms. The lowest BCUT2D eigenvalue weighted by Gasteiger charge is -2.35. The first-order valence-corrected chi connectivity index (χ1v) is 9.51. The van der Waals surface area contributed by atoms with Gasteiger partial charge in [-0.25, -0.2) is 9.03 Å². The number of phenols is 1. The highest BCUT2D eigenvalue weighted by Crippen LogP contribution is 2.49. The molecule has 3 aliphatic rings. The van der Waals surface area contributed by atoms with Crippen LogP contribution in [-0.4, -0.2) is 26.0 Å². The topological polar surface area (TPSA) is 86.7 Å². The average Bonchev–Trinajstić information content (AvgIpc) is 3.03. The van der Waals surface area contributed by atoms with Crippen molar-refractivity contribution in [1.82, 2.24) is 4.72 Å². The molecule has 0 radical (unpaired) electrons. The number of anilines is 1. The van der Waals surface area contributed by atoms with Crippen molar-refractivity contribution < 1.29 is 18.3 Å². The molecule has 1 saturated carbocycles. The van der Waals surface area contributed by atoms with Gasteiger partial charge in [0.2, 0.25) is 0 Å². The summed E-state index contributed by atoms with van der Waals surface area (Å²) < 4.78 is 27.0. The van der Waals surface area contributed by atoms with E-state index < -0.39 is 16.1 Å². The third kappa shape index (κ3) is 2.38. The third-order valence-electron chi connectivity index (χ3n) is 5.54. The second-order valence-corrected chi connectivity index (χ2v) is 8.63. The Bertz CT molecular complexity index is 782. The Hall–Kier alpha value is -1.76. The van der Waals surface area contributed by atoms with Gasteiger partial charge in [0.1, 0.15) is 12.3 Å². The summed E-state index contributed by atoms with van der Waals surface area (Å²) in [6.45, 7) is -0.278. The number of hydrogen-bond acceptors (Lipinski definition) is 4. The van der Waals surface area contributed by atoms with Crippen LogP contribution in [0.4, 0.5) is 5.69 Å². The number of phenolic OH excluding ortho intramolecular Hbond substituents is 1. The van der Waals surface area contributed by atoms with Crippen LogP contribution in [0.25, 0.3) is 0 Å². The molecule has 0 bridgehead atoms. The van der Waals surface area contributed by atoms with Gasteiger partial charge in [-0.1, -0.05) is 12.8 Å². The highest BCUT2D eigenvalue weighted by Gasteiger charge is 2.39. The van der Waals surface area contributed by atoms with Crippen molar-refractivity contribution in [2.45, 2.75) is 44.9 Å². The first-order valence-electron chi connectivity index (χ1n) is 8.07. The minimum absolute atomic E-state index is 0.0776. The zero-order valence-corrected chi connectivity index (χ0v) is 13.7. The lowest BCUT2D eigenvalue weighted by Crippen LogP contribution is -2.30. The predicted molar refractivity (Wildman–Crippen MR) is 85.4 cm³/mol. The molecule has 23 heavy (non-hydrogen) atoms. The zero-order valence-electron chi connectivity index (χ0n) is 12.8. The number of benzene rings is 1. The zero-order chi connectivity index (χ0) is 16.2. The Morgan fingerprint density at radius 2 is 1.87 bits per heavy atom. The minimum Gasteiger partial charge on any atom is -0.506 e. The Labute approximate surface area is 135 Å². The van der Waals surface area contributed by atoms with Crippen LogP contribution in [0.2, 0.25) is 0 Å².